The SMILES string of the molecule is COc1ccc(/C=C2\SC(=O)N(CCC(=O)[O-])C2=O)c(OC)c1. The molecule has 1 aliphatic rings. The van der Waals surface area contributed by atoms with Crippen LogP contribution in [0.2, 0.25) is 0 Å². The van der Waals surface area contributed by atoms with E-state index in [1.165, 1.54) is 20.3 Å². The van der Waals surface area contributed by atoms with Gasteiger partial charge in [0.2, 0.25) is 0 Å². The van der Waals surface area contributed by atoms with Crippen LogP contribution in [0.5, 0.6) is 11.5 Å². The number of imide groups is 1. The molecule has 0 radical (unpaired) electrons. The van der Waals surface area contributed by atoms with Crippen molar-refractivity contribution in [2.45, 2.75) is 6.42 Å². The Bertz CT molecular complexity index is 685. The number of hydrogen-bond donors (Lipinski definition) is 0. The van der Waals surface area contributed by atoms with E-state index in [-0.39, 0.29) is 11.4 Å². The van der Waals surface area contributed by atoms with Crippen LogP contribution < -0.4 is 14.6 Å². The number of rotatable bonds is 6. The molecule has 1 aliphatic heterocycles. The molecule has 0 aliphatic carbocycles. The highest BCUT2D eigenvalue weighted by molar-refractivity contribution is 8.18. The third kappa shape index (κ3) is 3.84. The average molecular weight is 336 g/mol. The van der Waals surface area contributed by atoms with Crippen molar-refractivity contribution in [1.29, 1.82) is 0 Å². The number of carboxylic acids is 1. The normalized spacial score (nSPS) is 16.1. The van der Waals surface area contributed by atoms with E-state index in [1.54, 1.807) is 18.2 Å². The molecule has 0 atom stereocenters. The summed E-state index contributed by atoms with van der Waals surface area (Å²) in [5, 5.41) is 9.97. The second-order valence-corrected chi connectivity index (χ2v) is 5.56. The number of hydrogen-bond acceptors (Lipinski definition) is 7. The van der Waals surface area contributed by atoms with Crippen molar-refractivity contribution in [3.63, 3.8) is 0 Å². The van der Waals surface area contributed by atoms with Crippen molar-refractivity contribution < 1.29 is 29.0 Å². The summed E-state index contributed by atoms with van der Waals surface area (Å²) < 4.78 is 10.3. The molecule has 1 fully saturated rings. The minimum atomic E-state index is -1.31. The third-order valence-corrected chi connectivity index (χ3v) is 4.05. The first-order valence-electron chi connectivity index (χ1n) is 6.63. The van der Waals surface area contributed by atoms with Crippen LogP contribution in [-0.2, 0) is 9.59 Å². The number of thioether (sulfide) groups is 1. The number of aliphatic carboxylic acids is 1. The second-order valence-electron chi connectivity index (χ2n) is 4.56. The van der Waals surface area contributed by atoms with Gasteiger partial charge in [0, 0.05) is 30.6 Å². The van der Waals surface area contributed by atoms with Gasteiger partial charge in [0.1, 0.15) is 11.5 Å². The number of ether oxygens (including phenoxy) is 2. The number of carbonyl (C=O) groups excluding carboxylic acids is 3. The first-order valence-corrected chi connectivity index (χ1v) is 7.45. The number of methoxy groups -OCH3 is 2. The van der Waals surface area contributed by atoms with Gasteiger partial charge in [-0.2, -0.15) is 0 Å². The molecular formula is C15H14NO6S-. The molecular weight excluding hydrogens is 322 g/mol. The molecule has 1 saturated heterocycles. The largest absolute Gasteiger partial charge is 0.550 e. The first-order chi connectivity index (χ1) is 11.0. The fraction of sp³-hybridized carbons (Fsp3) is 0.267. The number of carbonyl (C=O) groups is 3. The van der Waals surface area contributed by atoms with Gasteiger partial charge in [-0.3, -0.25) is 14.5 Å². The van der Waals surface area contributed by atoms with E-state index in [9.17, 15) is 19.5 Å². The molecule has 0 spiro atoms. The van der Waals surface area contributed by atoms with E-state index in [2.05, 4.69) is 0 Å². The summed E-state index contributed by atoms with van der Waals surface area (Å²) in [4.78, 5) is 35.6. The maximum absolute atomic E-state index is 12.2. The van der Waals surface area contributed by atoms with Crippen LogP contribution in [-0.4, -0.2) is 42.8 Å². The Balaban J connectivity index is 2.25. The summed E-state index contributed by atoms with van der Waals surface area (Å²) in [6.07, 6.45) is 1.14. The highest BCUT2D eigenvalue weighted by atomic mass is 32.2. The van der Waals surface area contributed by atoms with Gasteiger partial charge in [0.05, 0.1) is 19.1 Å². The summed E-state index contributed by atoms with van der Waals surface area (Å²) in [6.45, 7) is -0.204. The maximum Gasteiger partial charge on any atom is 0.293 e. The number of amides is 2. The lowest BCUT2D eigenvalue weighted by Gasteiger charge is -2.12. The highest BCUT2D eigenvalue weighted by Gasteiger charge is 2.34. The molecule has 2 rings (SSSR count). The standard InChI is InChI=1S/C15H15NO6S/c1-21-10-4-3-9(11(8-10)22-2)7-12-14(19)16(15(20)23-12)6-5-13(17)18/h3-4,7-8H,5-6H2,1-2H3,(H,17,18)/p-1/b12-7-. The molecule has 0 unspecified atom stereocenters. The topological polar surface area (TPSA) is 96.0 Å². The quantitative estimate of drug-likeness (QED) is 0.711. The predicted octanol–water partition coefficient (Wildman–Crippen LogP) is 0.880. The Kier molecular flexibility index (Phi) is 5.28. The van der Waals surface area contributed by atoms with Gasteiger partial charge >= 0.3 is 0 Å². The van der Waals surface area contributed by atoms with Crippen molar-refractivity contribution in [3.05, 3.63) is 28.7 Å². The third-order valence-electron chi connectivity index (χ3n) is 3.14. The predicted molar refractivity (Wildman–Crippen MR) is 81.8 cm³/mol. The molecule has 23 heavy (non-hydrogen) atoms. The van der Waals surface area contributed by atoms with Gasteiger partial charge < -0.3 is 19.4 Å². The van der Waals surface area contributed by atoms with Crippen molar-refractivity contribution in [2.24, 2.45) is 0 Å². The van der Waals surface area contributed by atoms with Gasteiger partial charge in [0.25, 0.3) is 11.1 Å². The lowest BCUT2D eigenvalue weighted by atomic mass is 10.1. The summed E-state index contributed by atoms with van der Waals surface area (Å²) in [5.74, 6) is -0.754. The zero-order valence-electron chi connectivity index (χ0n) is 12.5. The monoisotopic (exact) mass is 336 g/mol. The fourth-order valence-corrected chi connectivity index (χ4v) is 2.83. The van der Waals surface area contributed by atoms with Gasteiger partial charge in [-0.1, -0.05) is 0 Å². The molecule has 7 nitrogen and oxygen atoms in total. The number of benzene rings is 1. The fourth-order valence-electron chi connectivity index (χ4n) is 1.97. The van der Waals surface area contributed by atoms with E-state index in [1.807, 2.05) is 0 Å². The van der Waals surface area contributed by atoms with Crippen LogP contribution in [0, 0.1) is 0 Å². The first kappa shape index (κ1) is 16.9. The highest BCUT2D eigenvalue weighted by Crippen LogP contribution is 2.34. The minimum Gasteiger partial charge on any atom is -0.550 e. The van der Waals surface area contributed by atoms with Crippen LogP contribution in [0.25, 0.3) is 6.08 Å². The van der Waals surface area contributed by atoms with E-state index in [4.69, 9.17) is 9.47 Å². The molecule has 8 heteroatoms. The van der Waals surface area contributed by atoms with Gasteiger partial charge in [0.15, 0.2) is 0 Å². The molecule has 1 heterocycles. The smallest absolute Gasteiger partial charge is 0.293 e. The molecule has 2 amide bonds. The maximum atomic E-state index is 12.2. The van der Waals surface area contributed by atoms with Crippen molar-refractivity contribution in [3.8, 4) is 11.5 Å². The summed E-state index contributed by atoms with van der Waals surface area (Å²) in [5.41, 5.74) is 0.610. The molecule has 1 aromatic carbocycles. The Morgan fingerprint density at radius 1 is 1.30 bits per heavy atom. The lowest BCUT2D eigenvalue weighted by Crippen LogP contribution is -2.33. The molecule has 0 saturated carbocycles. The Morgan fingerprint density at radius 2 is 2.04 bits per heavy atom. The minimum absolute atomic E-state index is 0.204. The lowest BCUT2D eigenvalue weighted by molar-refractivity contribution is -0.305. The van der Waals surface area contributed by atoms with E-state index >= 15 is 0 Å². The van der Waals surface area contributed by atoms with Crippen molar-refractivity contribution in [2.75, 3.05) is 20.8 Å². The van der Waals surface area contributed by atoms with E-state index < -0.39 is 23.5 Å². The van der Waals surface area contributed by atoms with Crippen molar-refractivity contribution >= 4 is 35.0 Å². The Hall–Kier alpha value is -2.48. The molecule has 1 aromatic rings. The summed E-state index contributed by atoms with van der Waals surface area (Å²) >= 11 is 0.756. The zero-order chi connectivity index (χ0) is 17.0. The summed E-state index contributed by atoms with van der Waals surface area (Å²) in [6, 6.07) is 5.06. The summed E-state index contributed by atoms with van der Waals surface area (Å²) in [7, 11) is 3.01. The van der Waals surface area contributed by atoms with Crippen LogP contribution >= 0.6 is 11.8 Å². The van der Waals surface area contributed by atoms with Crippen LogP contribution in [0.4, 0.5) is 4.79 Å². The number of carboxylic acid groups (broad SMARTS) is 1. The molecule has 0 aromatic heterocycles. The van der Waals surface area contributed by atoms with Gasteiger partial charge in [-0.15, -0.1) is 0 Å². The zero-order valence-corrected chi connectivity index (χ0v) is 13.3. The number of nitrogens with zero attached hydrogens (tertiary/aromatic N) is 1. The Labute approximate surface area is 136 Å². The van der Waals surface area contributed by atoms with Crippen molar-refractivity contribution in [1.82, 2.24) is 4.90 Å². The van der Waals surface area contributed by atoms with Gasteiger partial charge in [-0.25, -0.2) is 0 Å². The Morgan fingerprint density at radius 3 is 2.65 bits per heavy atom. The van der Waals surface area contributed by atoms with Crippen LogP contribution in [0.15, 0.2) is 23.1 Å². The van der Waals surface area contributed by atoms with Crippen LogP contribution in [0.1, 0.15) is 12.0 Å². The van der Waals surface area contributed by atoms with E-state index in [0.717, 1.165) is 16.7 Å². The molecule has 0 N–H and O–H groups in total. The molecule has 0 bridgehead atoms. The molecule has 122 valence electrons. The van der Waals surface area contributed by atoms with Crippen LogP contribution in [0.3, 0.4) is 0 Å². The van der Waals surface area contributed by atoms with Gasteiger partial charge in [-0.05, 0) is 30.0 Å². The van der Waals surface area contributed by atoms with E-state index in [0.29, 0.717) is 17.1 Å². The second kappa shape index (κ2) is 7.19. The average Bonchev–Trinajstić information content (AvgIpc) is 2.79.